The molecule has 0 saturated heterocycles. The summed E-state index contributed by atoms with van der Waals surface area (Å²) in [5.74, 6) is 0. The zero-order valence-corrected chi connectivity index (χ0v) is 3.43. The molecule has 0 aromatic heterocycles. The Kier molecular flexibility index (Phi) is 296. The van der Waals surface area contributed by atoms with E-state index in [1.807, 2.05) is 0 Å². The predicted octanol–water partition coefficient (Wildman–Crippen LogP) is -2.01. The van der Waals surface area contributed by atoms with Crippen LogP contribution in [0, 0.1) is 0 Å². The fourth-order valence-corrected chi connectivity index (χ4v) is 0. The molecule has 0 aliphatic carbocycles. The Hall–Kier alpha value is 1.52. The van der Waals surface area contributed by atoms with Gasteiger partial charge in [0, 0.05) is 33.8 Å². The van der Waals surface area contributed by atoms with Crippen molar-refractivity contribution >= 4 is 17.4 Å². The van der Waals surface area contributed by atoms with Crippen molar-refractivity contribution in [2.75, 3.05) is 0 Å². The van der Waals surface area contributed by atoms with E-state index in [0.29, 0.717) is 0 Å². The molecule has 0 saturated carbocycles. The molecule has 0 aromatic carbocycles. The Morgan fingerprint density at radius 1 is 1.00 bits per heavy atom. The summed E-state index contributed by atoms with van der Waals surface area (Å²) in [7, 11) is 0. The van der Waals surface area contributed by atoms with Gasteiger partial charge in [-0.05, 0) is 0 Å². The third-order valence-corrected chi connectivity index (χ3v) is 0. The standard InChI is InChI=1S/Al.Co.Mn.H2O.3H/h;;;1H2;;;. The Morgan fingerprint density at radius 3 is 1.00 bits per heavy atom. The third-order valence-electron chi connectivity index (χ3n) is 0. The number of hydrogen-bond donors (Lipinski definition) is 0. The Bertz CT molecular complexity index is 8.00. The summed E-state index contributed by atoms with van der Waals surface area (Å²) >= 11 is 0. The van der Waals surface area contributed by atoms with Gasteiger partial charge in [0.1, 0.15) is 0 Å². The summed E-state index contributed by atoms with van der Waals surface area (Å²) < 4.78 is 0. The van der Waals surface area contributed by atoms with E-state index in [2.05, 4.69) is 0 Å². The van der Waals surface area contributed by atoms with Crippen LogP contribution in [0.15, 0.2) is 0 Å². The van der Waals surface area contributed by atoms with Gasteiger partial charge in [-0.2, -0.15) is 0 Å². The van der Waals surface area contributed by atoms with Gasteiger partial charge in [0.05, 0.1) is 0 Å². The largest absolute Gasteiger partial charge is 0.412 e. The van der Waals surface area contributed by atoms with Gasteiger partial charge in [-0.15, -0.1) is 0 Å². The third kappa shape index (κ3) is 9.68. The smallest absolute Gasteiger partial charge is 0.187 e. The fourth-order valence-electron chi connectivity index (χ4n) is 0. The van der Waals surface area contributed by atoms with E-state index in [-0.39, 0.29) is 56.7 Å². The summed E-state index contributed by atoms with van der Waals surface area (Å²) in [5.41, 5.74) is 0. The van der Waals surface area contributed by atoms with E-state index < -0.39 is 0 Å². The number of hydrogen-bond acceptors (Lipinski definition) is 0. The average Bonchev–Trinajstić information content (AvgIpc) is 0. The van der Waals surface area contributed by atoms with E-state index >= 15 is 0 Å². The zero-order chi connectivity index (χ0) is 0. The van der Waals surface area contributed by atoms with Crippen LogP contribution in [0.4, 0.5) is 0 Å². The maximum Gasteiger partial charge on any atom is 0.187 e. The van der Waals surface area contributed by atoms with Gasteiger partial charge >= 0.3 is 0 Å². The Balaban J connectivity index is 0. The van der Waals surface area contributed by atoms with Crippen LogP contribution in [0.1, 0.15) is 0 Å². The van der Waals surface area contributed by atoms with Crippen molar-refractivity contribution in [2.24, 2.45) is 0 Å². The van der Waals surface area contributed by atoms with Crippen molar-refractivity contribution in [2.45, 2.75) is 0 Å². The quantitative estimate of drug-likeness (QED) is 0.368. The van der Waals surface area contributed by atoms with E-state index in [0.717, 1.165) is 0 Å². The molecule has 4 heavy (non-hydrogen) atoms. The van der Waals surface area contributed by atoms with Gasteiger partial charge in [-0.3, -0.25) is 0 Å². The first-order valence-electron chi connectivity index (χ1n) is 0. The molecule has 0 aliphatic rings. The SMILES string of the molecule is O.[AlH3].[Co].[Mn]. The molecule has 0 spiro atoms. The van der Waals surface area contributed by atoms with E-state index in [9.17, 15) is 0 Å². The molecule has 0 heterocycles. The molecule has 2 N–H and O–H groups in total. The van der Waals surface area contributed by atoms with Gasteiger partial charge in [-0.25, -0.2) is 0 Å². The van der Waals surface area contributed by atoms with Crippen LogP contribution in [0.3, 0.4) is 0 Å². The number of rotatable bonds is 0. The summed E-state index contributed by atoms with van der Waals surface area (Å²) in [6.45, 7) is 0. The van der Waals surface area contributed by atoms with Crippen molar-refractivity contribution in [3.63, 3.8) is 0 Å². The first-order chi connectivity index (χ1) is 0. The Morgan fingerprint density at radius 2 is 1.00 bits per heavy atom. The van der Waals surface area contributed by atoms with Gasteiger partial charge in [-0.1, -0.05) is 0 Å². The van der Waals surface area contributed by atoms with Gasteiger partial charge in [0.25, 0.3) is 0 Å². The van der Waals surface area contributed by atoms with Crippen LogP contribution < -0.4 is 0 Å². The molecule has 0 unspecified atom stereocenters. The molecule has 1 nitrogen and oxygen atoms in total. The van der Waals surface area contributed by atoms with Crippen LogP contribution in [-0.4, -0.2) is 22.8 Å². The van der Waals surface area contributed by atoms with E-state index in [4.69, 9.17) is 0 Å². The van der Waals surface area contributed by atoms with Crippen LogP contribution in [0.2, 0.25) is 0 Å². The van der Waals surface area contributed by atoms with Crippen LogP contribution in [0.5, 0.6) is 0 Å². The normalized spacial score (nSPS) is 0. The van der Waals surface area contributed by atoms with Crippen molar-refractivity contribution in [3.05, 3.63) is 0 Å². The molecule has 30 valence electrons. The minimum absolute atomic E-state index is 0. The monoisotopic (exact) mass is 162 g/mol. The Labute approximate surface area is 56.6 Å². The molecule has 0 bridgehead atoms. The van der Waals surface area contributed by atoms with Crippen molar-refractivity contribution < 1.29 is 39.3 Å². The topological polar surface area (TPSA) is 31.5 Å². The maximum absolute atomic E-state index is 0. The summed E-state index contributed by atoms with van der Waals surface area (Å²) in [6, 6.07) is 0. The molecule has 0 rings (SSSR count). The molecule has 4 heteroatoms. The van der Waals surface area contributed by atoms with E-state index in [1.54, 1.807) is 0 Å². The van der Waals surface area contributed by atoms with Gasteiger partial charge < -0.3 is 5.48 Å². The summed E-state index contributed by atoms with van der Waals surface area (Å²) in [4.78, 5) is 0. The second kappa shape index (κ2) is 24.3. The van der Waals surface area contributed by atoms with Crippen LogP contribution >= 0.6 is 0 Å². The van der Waals surface area contributed by atoms with Crippen molar-refractivity contribution in [3.8, 4) is 0 Å². The molecule has 2 radical (unpaired) electrons. The summed E-state index contributed by atoms with van der Waals surface area (Å²) in [5, 5.41) is 0. The van der Waals surface area contributed by atoms with Crippen molar-refractivity contribution in [1.82, 2.24) is 0 Å². The first kappa shape index (κ1) is 48.9. The van der Waals surface area contributed by atoms with E-state index in [1.165, 1.54) is 0 Å². The molecule has 0 fully saturated rings. The molecule has 0 atom stereocenters. The summed E-state index contributed by atoms with van der Waals surface area (Å²) in [6.07, 6.45) is 0. The minimum Gasteiger partial charge on any atom is -0.412 e. The fraction of sp³-hybridized carbons (Fsp3) is 0. The molecular weight excluding hydrogens is 157 g/mol. The van der Waals surface area contributed by atoms with Crippen LogP contribution in [-0.2, 0) is 33.8 Å². The molecule has 0 amide bonds. The zero-order valence-electron chi connectivity index (χ0n) is 1.21. The minimum atomic E-state index is 0. The average molecular weight is 162 g/mol. The van der Waals surface area contributed by atoms with Crippen molar-refractivity contribution in [1.29, 1.82) is 0 Å². The molecular formula is H5AlCoMnO. The predicted molar refractivity (Wildman–Crippen MR) is 13.6 cm³/mol. The van der Waals surface area contributed by atoms with Gasteiger partial charge in [0.2, 0.25) is 0 Å². The second-order valence-corrected chi connectivity index (χ2v) is 0. The second-order valence-electron chi connectivity index (χ2n) is 0. The first-order valence-corrected chi connectivity index (χ1v) is 0. The van der Waals surface area contributed by atoms with Gasteiger partial charge in [0.15, 0.2) is 17.4 Å². The molecule has 0 aromatic rings. The molecule has 0 aliphatic heterocycles. The maximum atomic E-state index is 0. The van der Waals surface area contributed by atoms with Crippen LogP contribution in [0.25, 0.3) is 0 Å².